The maximum absolute atomic E-state index is 12.6. The molecule has 1 aromatic heterocycles. The van der Waals surface area contributed by atoms with Crippen molar-refractivity contribution in [2.24, 2.45) is 0 Å². The van der Waals surface area contributed by atoms with Gasteiger partial charge in [-0.05, 0) is 42.3 Å². The fourth-order valence-corrected chi connectivity index (χ4v) is 2.65. The van der Waals surface area contributed by atoms with Crippen LogP contribution in [-0.2, 0) is 0 Å². The van der Waals surface area contributed by atoms with Crippen molar-refractivity contribution in [2.45, 2.75) is 25.9 Å². The normalized spacial score (nSPS) is 12.6. The van der Waals surface area contributed by atoms with Crippen LogP contribution in [0.4, 0.5) is 0 Å². The number of aliphatic hydroxyl groups is 1. The molecular weight excluding hydrogens is 296 g/mol. The highest BCUT2D eigenvalue weighted by Gasteiger charge is 2.13. The summed E-state index contributed by atoms with van der Waals surface area (Å²) in [6.45, 7) is 1.98. The van der Waals surface area contributed by atoms with Gasteiger partial charge in [0, 0.05) is 0 Å². The first-order valence-electron chi connectivity index (χ1n) is 7.43. The summed E-state index contributed by atoms with van der Waals surface area (Å²) in [6, 6.07) is 9.18. The lowest BCUT2D eigenvalue weighted by molar-refractivity contribution is 0.0697. The molecular formula is C18H16O5. The first-order chi connectivity index (χ1) is 11.0. The van der Waals surface area contributed by atoms with Gasteiger partial charge in [-0.2, -0.15) is 0 Å². The summed E-state index contributed by atoms with van der Waals surface area (Å²) in [5, 5.41) is 19.7. The molecule has 118 valence electrons. The number of carboxylic acid groups (broad SMARTS) is 1. The number of carboxylic acids is 1. The first kappa shape index (κ1) is 15.2. The lowest BCUT2D eigenvalue weighted by Gasteiger charge is -2.10. The lowest BCUT2D eigenvalue weighted by Crippen LogP contribution is -2.05. The molecule has 3 rings (SSSR count). The van der Waals surface area contributed by atoms with E-state index < -0.39 is 12.1 Å². The van der Waals surface area contributed by atoms with Gasteiger partial charge in [-0.15, -0.1) is 0 Å². The summed E-state index contributed by atoms with van der Waals surface area (Å²) in [5.74, 6) is -1.09. The van der Waals surface area contributed by atoms with E-state index in [4.69, 9.17) is 9.52 Å². The third kappa shape index (κ3) is 2.71. The number of aromatic carboxylic acids is 1. The molecule has 0 aliphatic rings. The van der Waals surface area contributed by atoms with E-state index in [1.807, 2.05) is 6.92 Å². The van der Waals surface area contributed by atoms with Crippen LogP contribution in [0, 0.1) is 0 Å². The second-order valence-electron chi connectivity index (χ2n) is 5.51. The van der Waals surface area contributed by atoms with Gasteiger partial charge in [0.2, 0.25) is 5.43 Å². The van der Waals surface area contributed by atoms with Crippen molar-refractivity contribution in [3.63, 3.8) is 0 Å². The molecule has 0 aliphatic carbocycles. The summed E-state index contributed by atoms with van der Waals surface area (Å²) in [4.78, 5) is 23.6. The third-order valence-corrected chi connectivity index (χ3v) is 3.89. The molecule has 23 heavy (non-hydrogen) atoms. The molecule has 0 saturated carbocycles. The summed E-state index contributed by atoms with van der Waals surface area (Å²) < 4.78 is 5.73. The zero-order valence-electron chi connectivity index (χ0n) is 12.6. The van der Waals surface area contributed by atoms with Gasteiger partial charge in [0.25, 0.3) is 0 Å². The van der Waals surface area contributed by atoms with Crippen molar-refractivity contribution in [1.82, 2.24) is 0 Å². The van der Waals surface area contributed by atoms with E-state index in [1.54, 1.807) is 18.2 Å². The van der Waals surface area contributed by atoms with Crippen molar-refractivity contribution < 1.29 is 19.4 Å². The van der Waals surface area contributed by atoms with Gasteiger partial charge in [-0.25, -0.2) is 4.79 Å². The Bertz CT molecular complexity index is 955. The molecule has 1 atom stereocenters. The van der Waals surface area contributed by atoms with Crippen LogP contribution in [0.1, 0.15) is 41.8 Å². The fourth-order valence-electron chi connectivity index (χ4n) is 2.65. The molecule has 0 saturated heterocycles. The van der Waals surface area contributed by atoms with E-state index >= 15 is 0 Å². The molecule has 5 heteroatoms. The maximum Gasteiger partial charge on any atom is 0.335 e. The highest BCUT2D eigenvalue weighted by atomic mass is 16.4. The Kier molecular flexibility index (Phi) is 3.88. The molecule has 1 unspecified atom stereocenters. The Morgan fingerprint density at radius 3 is 2.61 bits per heavy atom. The highest BCUT2D eigenvalue weighted by molar-refractivity contribution is 5.96. The van der Waals surface area contributed by atoms with Crippen molar-refractivity contribution in [2.75, 3.05) is 0 Å². The number of rotatable bonds is 4. The lowest BCUT2D eigenvalue weighted by atomic mass is 10.0. The number of hydrogen-bond donors (Lipinski definition) is 2. The van der Waals surface area contributed by atoms with Crippen molar-refractivity contribution >= 4 is 27.9 Å². The minimum Gasteiger partial charge on any atom is -0.478 e. The molecule has 5 nitrogen and oxygen atoms in total. The monoisotopic (exact) mass is 312 g/mol. The minimum absolute atomic E-state index is 0.0409. The first-order valence-corrected chi connectivity index (χ1v) is 7.43. The SMILES string of the molecule is CCCC(O)c1ccc2c(=O)c3cc(C(=O)O)ccc3oc2c1. The molecule has 3 aromatic rings. The molecule has 0 aliphatic heterocycles. The Balaban J connectivity index is 2.23. The van der Waals surface area contributed by atoms with Crippen LogP contribution in [-0.4, -0.2) is 16.2 Å². The fraction of sp³-hybridized carbons (Fsp3) is 0.222. The zero-order valence-corrected chi connectivity index (χ0v) is 12.6. The summed E-state index contributed by atoms with van der Waals surface area (Å²) in [7, 11) is 0. The molecule has 0 bridgehead atoms. The Hall–Kier alpha value is -2.66. The van der Waals surface area contributed by atoms with E-state index in [0.29, 0.717) is 28.5 Å². The predicted octanol–water partition coefficient (Wildman–Crippen LogP) is 3.48. The van der Waals surface area contributed by atoms with Gasteiger partial charge in [-0.3, -0.25) is 4.79 Å². The van der Waals surface area contributed by atoms with Crippen LogP contribution >= 0.6 is 0 Å². The van der Waals surface area contributed by atoms with Gasteiger partial charge in [-0.1, -0.05) is 19.4 Å². The number of aliphatic hydroxyl groups excluding tert-OH is 1. The quantitative estimate of drug-likeness (QED) is 0.720. The van der Waals surface area contributed by atoms with Crippen molar-refractivity contribution in [3.05, 3.63) is 57.7 Å². The largest absolute Gasteiger partial charge is 0.478 e. The zero-order chi connectivity index (χ0) is 16.6. The van der Waals surface area contributed by atoms with Crippen LogP contribution in [0.2, 0.25) is 0 Å². The maximum atomic E-state index is 12.6. The van der Waals surface area contributed by atoms with E-state index in [0.717, 1.165) is 6.42 Å². The number of carbonyl (C=O) groups is 1. The van der Waals surface area contributed by atoms with Crippen LogP contribution in [0.15, 0.2) is 45.6 Å². The standard InChI is InChI=1S/C18H16O5/c1-2-3-14(19)10-4-6-12-16(9-10)23-15-7-5-11(18(21)22)8-13(15)17(12)20/h4-9,14,19H,2-3H2,1H3,(H,21,22). The van der Waals surface area contributed by atoms with Crippen LogP contribution in [0.25, 0.3) is 21.9 Å². The van der Waals surface area contributed by atoms with Crippen molar-refractivity contribution in [1.29, 1.82) is 0 Å². The Labute approximate surface area is 131 Å². The molecule has 2 aromatic carbocycles. The van der Waals surface area contributed by atoms with Crippen LogP contribution < -0.4 is 5.43 Å². The minimum atomic E-state index is -1.09. The molecule has 0 amide bonds. The molecule has 0 fully saturated rings. The van der Waals surface area contributed by atoms with Gasteiger partial charge in [0.05, 0.1) is 22.4 Å². The third-order valence-electron chi connectivity index (χ3n) is 3.89. The van der Waals surface area contributed by atoms with Crippen LogP contribution in [0.5, 0.6) is 0 Å². The van der Waals surface area contributed by atoms with Gasteiger partial charge >= 0.3 is 5.97 Å². The second kappa shape index (κ2) is 5.85. The Morgan fingerprint density at radius 1 is 1.13 bits per heavy atom. The highest BCUT2D eigenvalue weighted by Crippen LogP contribution is 2.25. The summed E-state index contributed by atoms with van der Waals surface area (Å²) in [6.07, 6.45) is 0.879. The molecule has 2 N–H and O–H groups in total. The smallest absolute Gasteiger partial charge is 0.335 e. The second-order valence-corrected chi connectivity index (χ2v) is 5.51. The average molecular weight is 312 g/mol. The van der Waals surface area contributed by atoms with Crippen molar-refractivity contribution in [3.8, 4) is 0 Å². The van der Waals surface area contributed by atoms with Gasteiger partial charge in [0.1, 0.15) is 11.2 Å². The average Bonchev–Trinajstić information content (AvgIpc) is 2.54. The topological polar surface area (TPSA) is 87.7 Å². The van der Waals surface area contributed by atoms with E-state index in [2.05, 4.69) is 0 Å². The number of benzene rings is 2. The predicted molar refractivity (Wildman–Crippen MR) is 86.8 cm³/mol. The van der Waals surface area contributed by atoms with E-state index in [-0.39, 0.29) is 16.4 Å². The summed E-state index contributed by atoms with van der Waals surface area (Å²) in [5.41, 5.74) is 1.18. The van der Waals surface area contributed by atoms with E-state index in [1.165, 1.54) is 18.2 Å². The summed E-state index contributed by atoms with van der Waals surface area (Å²) >= 11 is 0. The molecule has 0 radical (unpaired) electrons. The van der Waals surface area contributed by atoms with E-state index in [9.17, 15) is 14.7 Å². The van der Waals surface area contributed by atoms with Crippen LogP contribution in [0.3, 0.4) is 0 Å². The van der Waals surface area contributed by atoms with Gasteiger partial charge in [0.15, 0.2) is 0 Å². The molecule has 1 heterocycles. The number of fused-ring (bicyclic) bond motifs is 2. The number of hydrogen-bond acceptors (Lipinski definition) is 4. The molecule has 0 spiro atoms. The van der Waals surface area contributed by atoms with Gasteiger partial charge < -0.3 is 14.6 Å². The Morgan fingerprint density at radius 2 is 1.91 bits per heavy atom.